The Morgan fingerprint density at radius 2 is 1.44 bits per heavy atom. The van der Waals surface area contributed by atoms with E-state index in [4.69, 9.17) is 0 Å². The minimum Gasteiger partial charge on any atom is -0.504 e. The van der Waals surface area contributed by atoms with Crippen LogP contribution < -0.4 is 14.2 Å². The number of hydrogen-bond donors (Lipinski definition) is 1. The van der Waals surface area contributed by atoms with Gasteiger partial charge in [0.25, 0.3) is 0 Å². The number of phenolic OH excluding ortho intramolecular Hbond substituents is 1. The van der Waals surface area contributed by atoms with Crippen molar-refractivity contribution in [3.63, 3.8) is 0 Å². The van der Waals surface area contributed by atoms with E-state index in [0.717, 1.165) is 12.1 Å². The number of halogens is 3. The van der Waals surface area contributed by atoms with Crippen molar-refractivity contribution in [2.24, 2.45) is 0 Å². The molecular formula is C9H9F3O4. The quantitative estimate of drug-likeness (QED) is 0.826. The van der Waals surface area contributed by atoms with Crippen molar-refractivity contribution in [3.8, 4) is 23.0 Å². The highest BCUT2D eigenvalue weighted by molar-refractivity contribution is 5.58. The molecular weight excluding hydrogens is 229 g/mol. The molecule has 1 aromatic carbocycles. The van der Waals surface area contributed by atoms with E-state index >= 15 is 0 Å². The molecule has 0 fully saturated rings. The lowest BCUT2D eigenvalue weighted by molar-refractivity contribution is 0.137. The van der Waals surface area contributed by atoms with Crippen molar-refractivity contribution in [1.82, 2.24) is 0 Å². The van der Waals surface area contributed by atoms with Crippen molar-refractivity contribution in [2.75, 3.05) is 20.6 Å². The minimum atomic E-state index is -1.26. The molecule has 90 valence electrons. The van der Waals surface area contributed by atoms with Crippen LogP contribution in [0.4, 0.5) is 13.2 Å². The standard InChI is InChI=1S/C9H9F3O4/c10-3-14-7-2-1-6(13)8(15-4-11)9(7)16-5-12/h1-2,13H,3-5H2. The smallest absolute Gasteiger partial charge is 0.229 e. The van der Waals surface area contributed by atoms with Gasteiger partial charge in [0.15, 0.2) is 11.5 Å². The molecule has 0 saturated carbocycles. The minimum absolute atomic E-state index is 0.193. The fourth-order valence-electron chi connectivity index (χ4n) is 1.09. The Morgan fingerprint density at radius 1 is 0.875 bits per heavy atom. The lowest BCUT2D eigenvalue weighted by Crippen LogP contribution is -2.01. The highest BCUT2D eigenvalue weighted by Gasteiger charge is 2.17. The first kappa shape index (κ1) is 12.3. The summed E-state index contributed by atoms with van der Waals surface area (Å²) in [6.45, 7) is -3.69. The van der Waals surface area contributed by atoms with Crippen LogP contribution in [0.1, 0.15) is 0 Å². The summed E-state index contributed by atoms with van der Waals surface area (Å²) in [4.78, 5) is 0. The van der Waals surface area contributed by atoms with Gasteiger partial charge >= 0.3 is 0 Å². The van der Waals surface area contributed by atoms with Gasteiger partial charge in [-0.1, -0.05) is 0 Å². The van der Waals surface area contributed by atoms with Gasteiger partial charge in [0.2, 0.25) is 32.1 Å². The molecule has 0 unspecified atom stereocenters. The molecule has 0 heterocycles. The van der Waals surface area contributed by atoms with E-state index in [0.29, 0.717) is 0 Å². The number of phenols is 1. The fourth-order valence-corrected chi connectivity index (χ4v) is 1.09. The number of rotatable bonds is 6. The summed E-state index contributed by atoms with van der Waals surface area (Å²) >= 11 is 0. The Labute approximate surface area is 89.2 Å². The molecule has 1 aromatic rings. The third kappa shape index (κ3) is 2.62. The SMILES string of the molecule is Oc1ccc(OCF)c(OCF)c1OCF. The monoisotopic (exact) mass is 238 g/mol. The predicted octanol–water partition coefficient (Wildman–Crippen LogP) is 2.31. The Kier molecular flexibility index (Phi) is 4.56. The summed E-state index contributed by atoms with van der Waals surface area (Å²) in [5, 5.41) is 9.30. The summed E-state index contributed by atoms with van der Waals surface area (Å²) in [6, 6.07) is 2.23. The average Bonchev–Trinajstić information content (AvgIpc) is 2.27. The van der Waals surface area contributed by atoms with E-state index in [9.17, 15) is 18.3 Å². The van der Waals surface area contributed by atoms with Crippen LogP contribution in [0, 0.1) is 0 Å². The first-order valence-corrected chi connectivity index (χ1v) is 4.16. The van der Waals surface area contributed by atoms with Gasteiger partial charge in [-0.15, -0.1) is 0 Å². The number of benzene rings is 1. The first-order valence-electron chi connectivity index (χ1n) is 4.16. The maximum Gasteiger partial charge on any atom is 0.229 e. The Balaban J connectivity index is 3.14. The molecule has 0 aromatic heterocycles. The number of ether oxygens (including phenoxy) is 3. The normalized spacial score (nSPS) is 9.94. The maximum atomic E-state index is 12.0. The summed E-state index contributed by atoms with van der Waals surface area (Å²) in [7, 11) is 0. The zero-order chi connectivity index (χ0) is 12.0. The molecule has 0 bridgehead atoms. The first-order chi connectivity index (χ1) is 7.74. The summed E-state index contributed by atoms with van der Waals surface area (Å²) < 4.78 is 49.3. The molecule has 0 saturated heterocycles. The van der Waals surface area contributed by atoms with Crippen molar-refractivity contribution < 1.29 is 32.5 Å². The molecule has 16 heavy (non-hydrogen) atoms. The maximum absolute atomic E-state index is 12.0. The Morgan fingerprint density at radius 3 is 2.00 bits per heavy atom. The summed E-state index contributed by atoms with van der Waals surface area (Å²) in [5.41, 5.74) is 0. The van der Waals surface area contributed by atoms with E-state index in [1.807, 2.05) is 0 Å². The zero-order valence-electron chi connectivity index (χ0n) is 8.08. The molecule has 0 atom stereocenters. The van der Waals surface area contributed by atoms with Gasteiger partial charge in [0.1, 0.15) is 0 Å². The van der Waals surface area contributed by atoms with Gasteiger partial charge in [0.05, 0.1) is 0 Å². The number of hydrogen-bond acceptors (Lipinski definition) is 4. The van der Waals surface area contributed by atoms with Crippen LogP contribution in [0.2, 0.25) is 0 Å². The van der Waals surface area contributed by atoms with Gasteiger partial charge in [-0.05, 0) is 12.1 Å². The van der Waals surface area contributed by atoms with E-state index in [1.54, 1.807) is 0 Å². The lowest BCUT2D eigenvalue weighted by atomic mass is 10.2. The van der Waals surface area contributed by atoms with Gasteiger partial charge < -0.3 is 19.3 Å². The second-order valence-electron chi connectivity index (χ2n) is 2.50. The molecule has 0 aliphatic heterocycles. The molecule has 0 spiro atoms. The van der Waals surface area contributed by atoms with Crippen LogP contribution in [-0.4, -0.2) is 25.7 Å². The number of alkyl halides is 3. The summed E-state index contributed by atoms with van der Waals surface area (Å²) in [6.07, 6.45) is 0. The predicted molar refractivity (Wildman–Crippen MR) is 47.9 cm³/mol. The van der Waals surface area contributed by atoms with Gasteiger partial charge in [-0.25, -0.2) is 13.2 Å². The largest absolute Gasteiger partial charge is 0.504 e. The van der Waals surface area contributed by atoms with Crippen LogP contribution in [0.15, 0.2) is 12.1 Å². The van der Waals surface area contributed by atoms with Crippen molar-refractivity contribution in [2.45, 2.75) is 0 Å². The molecule has 1 N–H and O–H groups in total. The van der Waals surface area contributed by atoms with Gasteiger partial charge in [-0.3, -0.25) is 0 Å². The molecule has 0 amide bonds. The van der Waals surface area contributed by atoms with Crippen LogP contribution in [0.25, 0.3) is 0 Å². The van der Waals surface area contributed by atoms with E-state index in [-0.39, 0.29) is 5.75 Å². The molecule has 4 nitrogen and oxygen atoms in total. The van der Waals surface area contributed by atoms with Crippen molar-refractivity contribution in [3.05, 3.63) is 12.1 Å². The third-order valence-electron chi connectivity index (χ3n) is 1.66. The topological polar surface area (TPSA) is 47.9 Å². The van der Waals surface area contributed by atoms with Gasteiger partial charge in [0, 0.05) is 0 Å². The fraction of sp³-hybridized carbons (Fsp3) is 0.333. The van der Waals surface area contributed by atoms with Crippen LogP contribution in [0.3, 0.4) is 0 Å². The van der Waals surface area contributed by atoms with E-state index in [1.165, 1.54) is 0 Å². The Hall–Kier alpha value is -1.79. The number of aromatic hydroxyl groups is 1. The highest BCUT2D eigenvalue weighted by atomic mass is 19.1. The Bertz CT molecular complexity index is 346. The van der Waals surface area contributed by atoms with E-state index < -0.39 is 37.8 Å². The lowest BCUT2D eigenvalue weighted by Gasteiger charge is -2.13. The molecule has 1 rings (SSSR count). The van der Waals surface area contributed by atoms with Crippen molar-refractivity contribution in [1.29, 1.82) is 0 Å². The van der Waals surface area contributed by atoms with Gasteiger partial charge in [-0.2, -0.15) is 0 Å². The average molecular weight is 238 g/mol. The second kappa shape index (κ2) is 5.94. The van der Waals surface area contributed by atoms with E-state index in [2.05, 4.69) is 14.2 Å². The highest BCUT2D eigenvalue weighted by Crippen LogP contribution is 2.43. The molecule has 7 heteroatoms. The van der Waals surface area contributed by atoms with Crippen molar-refractivity contribution >= 4 is 0 Å². The molecule has 0 aliphatic rings. The molecule has 0 aliphatic carbocycles. The molecule has 0 radical (unpaired) electrons. The van der Waals surface area contributed by atoms with Crippen LogP contribution >= 0.6 is 0 Å². The zero-order valence-corrected chi connectivity index (χ0v) is 8.08. The second-order valence-corrected chi connectivity index (χ2v) is 2.50. The van der Waals surface area contributed by atoms with Crippen LogP contribution in [-0.2, 0) is 0 Å². The summed E-state index contributed by atoms with van der Waals surface area (Å²) in [5.74, 6) is -1.49. The third-order valence-corrected chi connectivity index (χ3v) is 1.66. The van der Waals surface area contributed by atoms with Crippen LogP contribution in [0.5, 0.6) is 23.0 Å².